The third-order valence-corrected chi connectivity index (χ3v) is 4.27. The number of piperidine rings is 1. The number of amides is 2. The summed E-state index contributed by atoms with van der Waals surface area (Å²) >= 11 is 0. The first-order valence-corrected chi connectivity index (χ1v) is 8.30. The lowest BCUT2D eigenvalue weighted by Gasteiger charge is -2.35. The Kier molecular flexibility index (Phi) is 8.16. The third kappa shape index (κ3) is 6.82. The van der Waals surface area contributed by atoms with Crippen molar-refractivity contribution in [3.63, 3.8) is 0 Å². The minimum Gasteiger partial charge on any atom is -0.481 e. The zero-order valence-corrected chi connectivity index (χ0v) is 13.4. The number of carbonyl (C=O) groups is 2. The smallest absolute Gasteiger partial charge is 0.317 e. The third-order valence-electron chi connectivity index (χ3n) is 4.27. The van der Waals surface area contributed by atoms with Gasteiger partial charge in [-0.25, -0.2) is 4.79 Å². The van der Waals surface area contributed by atoms with Gasteiger partial charge in [0.15, 0.2) is 0 Å². The number of aliphatic carboxylic acids is 1. The fourth-order valence-corrected chi connectivity index (χ4v) is 2.94. The monoisotopic (exact) mass is 298 g/mol. The Bertz CT molecular complexity index is 331. The van der Waals surface area contributed by atoms with Crippen molar-refractivity contribution in [1.29, 1.82) is 0 Å². The molecule has 2 N–H and O–H groups in total. The van der Waals surface area contributed by atoms with E-state index in [2.05, 4.69) is 12.2 Å². The Morgan fingerprint density at radius 2 is 2.10 bits per heavy atom. The lowest BCUT2D eigenvalue weighted by Crippen LogP contribution is -2.48. The molecule has 2 atom stereocenters. The summed E-state index contributed by atoms with van der Waals surface area (Å²) < 4.78 is 0. The van der Waals surface area contributed by atoms with Crippen LogP contribution in [-0.2, 0) is 4.79 Å². The lowest BCUT2D eigenvalue weighted by atomic mass is 9.98. The second kappa shape index (κ2) is 9.64. The number of nitrogens with one attached hydrogen (secondary N) is 1. The van der Waals surface area contributed by atoms with Crippen molar-refractivity contribution in [2.45, 2.75) is 71.3 Å². The van der Waals surface area contributed by atoms with Gasteiger partial charge in [-0.2, -0.15) is 0 Å². The minimum atomic E-state index is -0.749. The van der Waals surface area contributed by atoms with Gasteiger partial charge in [0.05, 0.1) is 0 Å². The summed E-state index contributed by atoms with van der Waals surface area (Å²) in [5, 5.41) is 11.6. The molecule has 0 aromatic rings. The molecule has 2 amide bonds. The summed E-state index contributed by atoms with van der Waals surface area (Å²) in [6.45, 7) is 5.70. The van der Waals surface area contributed by atoms with Crippen LogP contribution < -0.4 is 5.32 Å². The van der Waals surface area contributed by atoms with E-state index in [4.69, 9.17) is 5.11 Å². The van der Waals surface area contributed by atoms with Crippen LogP contribution in [-0.4, -0.2) is 41.1 Å². The maximum atomic E-state index is 12.3. The quantitative estimate of drug-likeness (QED) is 0.722. The molecule has 2 unspecified atom stereocenters. The van der Waals surface area contributed by atoms with E-state index < -0.39 is 5.97 Å². The first kappa shape index (κ1) is 17.8. The van der Waals surface area contributed by atoms with Crippen molar-refractivity contribution in [3.8, 4) is 0 Å². The molecule has 1 aliphatic rings. The molecule has 0 aromatic carbocycles. The highest BCUT2D eigenvalue weighted by Gasteiger charge is 2.25. The second-order valence-electron chi connectivity index (χ2n) is 6.19. The highest BCUT2D eigenvalue weighted by molar-refractivity contribution is 5.74. The highest BCUT2D eigenvalue weighted by Crippen LogP contribution is 2.20. The number of carboxylic acid groups (broad SMARTS) is 1. The number of rotatable bonds is 8. The zero-order chi connectivity index (χ0) is 15.7. The van der Waals surface area contributed by atoms with Gasteiger partial charge in [0.2, 0.25) is 0 Å². The van der Waals surface area contributed by atoms with Gasteiger partial charge in [0.25, 0.3) is 0 Å². The Labute approximate surface area is 128 Å². The Balaban J connectivity index is 2.26. The molecule has 0 aromatic heterocycles. The molecular formula is C16H30N2O3. The maximum Gasteiger partial charge on any atom is 0.317 e. The number of urea groups is 1. The Hall–Kier alpha value is -1.26. The van der Waals surface area contributed by atoms with Crippen molar-refractivity contribution in [1.82, 2.24) is 10.2 Å². The number of hydrogen-bond acceptors (Lipinski definition) is 2. The summed E-state index contributed by atoms with van der Waals surface area (Å²) in [7, 11) is 0. The molecule has 0 spiro atoms. The van der Waals surface area contributed by atoms with Crippen LogP contribution in [0.5, 0.6) is 0 Å². The summed E-state index contributed by atoms with van der Waals surface area (Å²) in [5.74, 6) is -0.421. The highest BCUT2D eigenvalue weighted by atomic mass is 16.4. The summed E-state index contributed by atoms with van der Waals surface area (Å²) in [6, 6.07) is 0.451. The van der Waals surface area contributed by atoms with Gasteiger partial charge in [-0.15, -0.1) is 0 Å². The van der Waals surface area contributed by atoms with E-state index >= 15 is 0 Å². The van der Waals surface area contributed by atoms with Crippen LogP contribution in [0.15, 0.2) is 0 Å². The van der Waals surface area contributed by atoms with Crippen molar-refractivity contribution < 1.29 is 14.7 Å². The molecular weight excluding hydrogens is 268 g/mol. The van der Waals surface area contributed by atoms with E-state index in [1.165, 1.54) is 6.42 Å². The molecule has 1 saturated heterocycles. The SMILES string of the molecule is CCCC1CCCCN1C(=O)NCCC(C)CCC(=O)O. The van der Waals surface area contributed by atoms with Crippen LogP contribution >= 0.6 is 0 Å². The van der Waals surface area contributed by atoms with Crippen molar-refractivity contribution >= 4 is 12.0 Å². The van der Waals surface area contributed by atoms with Crippen LogP contribution in [0.2, 0.25) is 0 Å². The van der Waals surface area contributed by atoms with Gasteiger partial charge < -0.3 is 15.3 Å². The largest absolute Gasteiger partial charge is 0.481 e. The number of carbonyl (C=O) groups excluding carboxylic acids is 1. The molecule has 0 aliphatic carbocycles. The van der Waals surface area contributed by atoms with E-state index in [9.17, 15) is 9.59 Å². The number of carboxylic acids is 1. The zero-order valence-electron chi connectivity index (χ0n) is 13.4. The van der Waals surface area contributed by atoms with Crippen LogP contribution in [0, 0.1) is 5.92 Å². The van der Waals surface area contributed by atoms with E-state index in [1.807, 2.05) is 11.8 Å². The van der Waals surface area contributed by atoms with E-state index in [-0.39, 0.29) is 12.5 Å². The Morgan fingerprint density at radius 3 is 2.76 bits per heavy atom. The Morgan fingerprint density at radius 1 is 1.33 bits per heavy atom. The van der Waals surface area contributed by atoms with E-state index in [0.717, 1.165) is 38.6 Å². The topological polar surface area (TPSA) is 69.6 Å². The van der Waals surface area contributed by atoms with Crippen LogP contribution in [0.4, 0.5) is 4.79 Å². The maximum absolute atomic E-state index is 12.3. The molecule has 5 heteroatoms. The minimum absolute atomic E-state index is 0.0542. The summed E-state index contributed by atoms with van der Waals surface area (Å²) in [5.41, 5.74) is 0. The van der Waals surface area contributed by atoms with Crippen molar-refractivity contribution in [2.24, 2.45) is 5.92 Å². The molecule has 0 radical (unpaired) electrons. The molecule has 1 fully saturated rings. The first-order chi connectivity index (χ1) is 10.0. The molecule has 0 saturated carbocycles. The van der Waals surface area contributed by atoms with Gasteiger partial charge in [-0.3, -0.25) is 4.79 Å². The molecule has 122 valence electrons. The first-order valence-electron chi connectivity index (χ1n) is 8.30. The molecule has 0 bridgehead atoms. The average molecular weight is 298 g/mol. The van der Waals surface area contributed by atoms with Gasteiger partial charge >= 0.3 is 12.0 Å². The molecule has 1 aliphatic heterocycles. The van der Waals surface area contributed by atoms with Gasteiger partial charge in [-0.1, -0.05) is 20.3 Å². The van der Waals surface area contributed by atoms with Gasteiger partial charge in [0, 0.05) is 25.6 Å². The predicted molar refractivity (Wildman–Crippen MR) is 83.3 cm³/mol. The lowest BCUT2D eigenvalue weighted by molar-refractivity contribution is -0.137. The average Bonchev–Trinajstić information content (AvgIpc) is 2.46. The second-order valence-corrected chi connectivity index (χ2v) is 6.19. The van der Waals surface area contributed by atoms with Crippen LogP contribution in [0.25, 0.3) is 0 Å². The van der Waals surface area contributed by atoms with E-state index in [0.29, 0.717) is 24.9 Å². The predicted octanol–water partition coefficient (Wildman–Crippen LogP) is 3.24. The number of likely N-dealkylation sites (tertiary alicyclic amines) is 1. The normalized spacial score (nSPS) is 20.1. The standard InChI is InChI=1S/C16H30N2O3/c1-3-6-14-7-4-5-12-18(14)16(21)17-11-10-13(2)8-9-15(19)20/h13-14H,3-12H2,1-2H3,(H,17,21)(H,19,20). The van der Waals surface area contributed by atoms with Gasteiger partial charge in [0.1, 0.15) is 0 Å². The molecule has 1 heterocycles. The summed E-state index contributed by atoms with van der Waals surface area (Å²) in [4.78, 5) is 24.8. The number of hydrogen-bond donors (Lipinski definition) is 2. The number of nitrogens with zero attached hydrogens (tertiary/aromatic N) is 1. The van der Waals surface area contributed by atoms with E-state index in [1.54, 1.807) is 0 Å². The molecule has 21 heavy (non-hydrogen) atoms. The van der Waals surface area contributed by atoms with Crippen LogP contribution in [0.1, 0.15) is 65.2 Å². The molecule has 5 nitrogen and oxygen atoms in total. The van der Waals surface area contributed by atoms with Crippen molar-refractivity contribution in [2.75, 3.05) is 13.1 Å². The summed E-state index contributed by atoms with van der Waals surface area (Å²) in [6.07, 6.45) is 7.36. The van der Waals surface area contributed by atoms with Crippen LogP contribution in [0.3, 0.4) is 0 Å². The fourth-order valence-electron chi connectivity index (χ4n) is 2.94. The molecule has 1 rings (SSSR count). The fraction of sp³-hybridized carbons (Fsp3) is 0.875. The van der Waals surface area contributed by atoms with Gasteiger partial charge in [-0.05, 0) is 44.4 Å². The van der Waals surface area contributed by atoms with Crippen molar-refractivity contribution in [3.05, 3.63) is 0 Å².